The molecule has 1 fully saturated rings. The van der Waals surface area contributed by atoms with E-state index in [1.807, 2.05) is 12.1 Å². The number of aromatic nitrogens is 2. The number of rotatable bonds is 4. The molecule has 1 aromatic heterocycles. The maximum atomic E-state index is 13.3. The van der Waals surface area contributed by atoms with Crippen molar-refractivity contribution in [3.05, 3.63) is 42.5 Å². The molecule has 0 bridgehead atoms. The molecule has 1 unspecified atom stereocenters. The summed E-state index contributed by atoms with van der Waals surface area (Å²) in [6.07, 6.45) is 6.39. The van der Waals surface area contributed by atoms with E-state index in [-0.39, 0.29) is 5.82 Å². The van der Waals surface area contributed by atoms with Gasteiger partial charge >= 0.3 is 0 Å². The van der Waals surface area contributed by atoms with Crippen LogP contribution >= 0.6 is 0 Å². The average Bonchev–Trinajstić information content (AvgIpc) is 2.55. The minimum Gasteiger partial charge on any atom is -0.353 e. The van der Waals surface area contributed by atoms with Gasteiger partial charge in [0, 0.05) is 24.3 Å². The maximum Gasteiger partial charge on any atom is 0.135 e. The summed E-state index contributed by atoms with van der Waals surface area (Å²) in [5, 5.41) is 3.14. The van der Waals surface area contributed by atoms with E-state index >= 15 is 0 Å². The lowest BCUT2D eigenvalue weighted by Crippen LogP contribution is -2.39. The van der Waals surface area contributed by atoms with Crippen LogP contribution in [-0.4, -0.2) is 22.6 Å². The smallest absolute Gasteiger partial charge is 0.135 e. The van der Waals surface area contributed by atoms with Crippen LogP contribution in [0.3, 0.4) is 0 Å². The number of benzene rings is 1. The summed E-state index contributed by atoms with van der Waals surface area (Å²) in [5.74, 6) is 1.37. The lowest BCUT2D eigenvalue weighted by atomic mass is 10.0. The van der Waals surface area contributed by atoms with E-state index in [0.29, 0.717) is 17.5 Å². The summed E-state index contributed by atoms with van der Waals surface area (Å²) < 4.78 is 13.3. The Bertz CT molecular complexity index is 632. The second-order valence-corrected chi connectivity index (χ2v) is 5.65. The van der Waals surface area contributed by atoms with Gasteiger partial charge in [-0.2, -0.15) is 0 Å². The van der Waals surface area contributed by atoms with Crippen LogP contribution < -0.4 is 10.2 Å². The lowest BCUT2D eigenvalue weighted by Gasteiger charge is -2.36. The van der Waals surface area contributed by atoms with Crippen LogP contribution in [0.25, 0.3) is 0 Å². The summed E-state index contributed by atoms with van der Waals surface area (Å²) in [6, 6.07) is 8.87. The molecular formula is C17H21FN4. The molecule has 22 heavy (non-hydrogen) atoms. The van der Waals surface area contributed by atoms with Crippen LogP contribution in [0.2, 0.25) is 0 Å². The molecule has 0 amide bonds. The van der Waals surface area contributed by atoms with Crippen molar-refractivity contribution < 1.29 is 4.39 Å². The minimum atomic E-state index is -0.263. The Morgan fingerprint density at radius 1 is 1.27 bits per heavy atom. The van der Waals surface area contributed by atoms with Crippen LogP contribution in [0.1, 0.15) is 32.6 Å². The van der Waals surface area contributed by atoms with E-state index < -0.39 is 0 Å². The summed E-state index contributed by atoms with van der Waals surface area (Å²) in [6.45, 7) is 3.25. The van der Waals surface area contributed by atoms with E-state index in [1.54, 1.807) is 12.4 Å². The maximum absolute atomic E-state index is 13.3. The first-order valence-electron chi connectivity index (χ1n) is 7.87. The molecule has 1 aliphatic heterocycles. The van der Waals surface area contributed by atoms with Gasteiger partial charge in [-0.25, -0.2) is 14.4 Å². The van der Waals surface area contributed by atoms with E-state index in [9.17, 15) is 4.39 Å². The van der Waals surface area contributed by atoms with Crippen molar-refractivity contribution in [2.24, 2.45) is 0 Å². The molecule has 0 aliphatic carbocycles. The Morgan fingerprint density at radius 3 is 3.00 bits per heavy atom. The van der Waals surface area contributed by atoms with Gasteiger partial charge in [0.25, 0.3) is 0 Å². The van der Waals surface area contributed by atoms with Crippen LogP contribution in [-0.2, 0) is 0 Å². The monoisotopic (exact) mass is 300 g/mol. The Hall–Kier alpha value is -2.17. The number of nitrogens with zero attached hydrogens (tertiary/aromatic N) is 3. The second kappa shape index (κ2) is 6.73. The van der Waals surface area contributed by atoms with Crippen molar-refractivity contribution >= 4 is 17.3 Å². The Balaban J connectivity index is 1.80. The first-order chi connectivity index (χ1) is 10.8. The van der Waals surface area contributed by atoms with Gasteiger partial charge in [0.2, 0.25) is 0 Å². The molecule has 1 aromatic carbocycles. The quantitative estimate of drug-likeness (QED) is 0.922. The molecule has 3 rings (SSSR count). The first-order valence-corrected chi connectivity index (χ1v) is 7.87. The number of halogens is 1. The van der Waals surface area contributed by atoms with Gasteiger partial charge in [-0.15, -0.1) is 0 Å². The molecule has 1 saturated heterocycles. The third-order valence-corrected chi connectivity index (χ3v) is 4.14. The number of hydrogen-bond acceptors (Lipinski definition) is 4. The molecule has 116 valence electrons. The van der Waals surface area contributed by atoms with Gasteiger partial charge in [-0.1, -0.05) is 13.0 Å². The molecule has 1 N–H and O–H groups in total. The predicted octanol–water partition coefficient (Wildman–Crippen LogP) is 4.13. The van der Waals surface area contributed by atoms with Crippen molar-refractivity contribution in [2.75, 3.05) is 16.8 Å². The zero-order valence-electron chi connectivity index (χ0n) is 12.8. The summed E-state index contributed by atoms with van der Waals surface area (Å²) in [4.78, 5) is 11.0. The highest BCUT2D eigenvalue weighted by molar-refractivity contribution is 5.59. The van der Waals surface area contributed by atoms with E-state index in [2.05, 4.69) is 27.1 Å². The van der Waals surface area contributed by atoms with Gasteiger partial charge < -0.3 is 10.2 Å². The SMILES string of the molecule is CCC1CCCCN1c1cc(Nc2cccc(F)c2)ncn1. The highest BCUT2D eigenvalue weighted by atomic mass is 19.1. The van der Waals surface area contributed by atoms with Crippen LogP contribution in [0.15, 0.2) is 36.7 Å². The highest BCUT2D eigenvalue weighted by Crippen LogP contribution is 2.26. The zero-order valence-corrected chi connectivity index (χ0v) is 12.8. The van der Waals surface area contributed by atoms with Crippen molar-refractivity contribution in [2.45, 2.75) is 38.6 Å². The molecule has 1 aliphatic rings. The van der Waals surface area contributed by atoms with Crippen molar-refractivity contribution in [3.63, 3.8) is 0 Å². The number of piperidine rings is 1. The highest BCUT2D eigenvalue weighted by Gasteiger charge is 2.22. The zero-order chi connectivity index (χ0) is 15.4. The molecule has 0 saturated carbocycles. The average molecular weight is 300 g/mol. The van der Waals surface area contributed by atoms with E-state index in [4.69, 9.17) is 0 Å². The van der Waals surface area contributed by atoms with Gasteiger partial charge in [0.05, 0.1) is 0 Å². The molecule has 2 aromatic rings. The van der Waals surface area contributed by atoms with Crippen molar-refractivity contribution in [3.8, 4) is 0 Å². The molecule has 0 spiro atoms. The first kappa shape index (κ1) is 14.8. The van der Waals surface area contributed by atoms with Gasteiger partial charge in [0.15, 0.2) is 0 Å². The summed E-state index contributed by atoms with van der Waals surface area (Å²) in [5.41, 5.74) is 0.690. The largest absolute Gasteiger partial charge is 0.353 e. The van der Waals surface area contributed by atoms with Crippen molar-refractivity contribution in [1.82, 2.24) is 9.97 Å². The summed E-state index contributed by atoms with van der Waals surface area (Å²) >= 11 is 0. The molecule has 0 radical (unpaired) electrons. The van der Waals surface area contributed by atoms with Gasteiger partial charge in [-0.05, 0) is 43.9 Å². The minimum absolute atomic E-state index is 0.263. The van der Waals surface area contributed by atoms with Crippen LogP contribution in [0, 0.1) is 5.82 Å². The Kier molecular flexibility index (Phi) is 4.51. The topological polar surface area (TPSA) is 41.0 Å². The molecule has 4 nitrogen and oxygen atoms in total. The van der Waals surface area contributed by atoms with Crippen molar-refractivity contribution in [1.29, 1.82) is 0 Å². The number of hydrogen-bond donors (Lipinski definition) is 1. The van der Waals surface area contributed by atoms with Crippen LogP contribution in [0.5, 0.6) is 0 Å². The Morgan fingerprint density at radius 2 is 2.18 bits per heavy atom. The normalized spacial score (nSPS) is 18.3. The van der Waals surface area contributed by atoms with E-state index in [0.717, 1.165) is 18.8 Å². The molecule has 5 heteroatoms. The number of nitrogens with one attached hydrogen (secondary N) is 1. The molecule has 2 heterocycles. The fourth-order valence-corrected chi connectivity index (χ4v) is 3.01. The molecule has 1 atom stereocenters. The lowest BCUT2D eigenvalue weighted by molar-refractivity contribution is 0.446. The standard InChI is InChI=1S/C17H21FN4/c1-2-15-8-3-4-9-22(15)17-11-16(19-12-20-17)21-14-7-5-6-13(18)10-14/h5-7,10-12,15H,2-4,8-9H2,1H3,(H,19,20,21). The van der Waals surface area contributed by atoms with Gasteiger partial charge in [-0.3, -0.25) is 0 Å². The van der Waals surface area contributed by atoms with E-state index in [1.165, 1.54) is 31.4 Å². The van der Waals surface area contributed by atoms with Gasteiger partial charge in [0.1, 0.15) is 23.8 Å². The molecular weight excluding hydrogens is 279 g/mol. The third-order valence-electron chi connectivity index (χ3n) is 4.14. The van der Waals surface area contributed by atoms with Crippen LogP contribution in [0.4, 0.5) is 21.7 Å². The second-order valence-electron chi connectivity index (χ2n) is 5.65. The Labute approximate surface area is 130 Å². The fourth-order valence-electron chi connectivity index (χ4n) is 3.01. The predicted molar refractivity (Wildman–Crippen MR) is 87.0 cm³/mol. The fraction of sp³-hybridized carbons (Fsp3) is 0.412. The number of anilines is 3. The third kappa shape index (κ3) is 3.35. The summed E-state index contributed by atoms with van der Waals surface area (Å²) in [7, 11) is 0.